The number of aromatic nitrogens is 3. The van der Waals surface area contributed by atoms with E-state index in [4.69, 9.17) is 0 Å². The molecule has 0 fully saturated rings. The van der Waals surface area contributed by atoms with Gasteiger partial charge in [-0.2, -0.15) is 0 Å². The Kier molecular flexibility index (Phi) is 4.64. The first kappa shape index (κ1) is 13.0. The first-order valence-electron chi connectivity index (χ1n) is 6.25. The summed E-state index contributed by atoms with van der Waals surface area (Å²) in [6.45, 7) is 2.82. The van der Waals surface area contributed by atoms with Crippen LogP contribution in [-0.2, 0) is 13.0 Å². The lowest BCUT2D eigenvalue weighted by Gasteiger charge is -2.03. The predicted octanol–water partition coefficient (Wildman–Crippen LogP) is 2.96. The molecule has 0 bridgehead atoms. The summed E-state index contributed by atoms with van der Waals surface area (Å²) < 4.78 is 1.70. The SMILES string of the molecule is CCCn1nncc1C(=O)CCCc1cccs1. The molecule has 0 saturated heterocycles. The number of carbonyl (C=O) groups is 1. The van der Waals surface area contributed by atoms with Gasteiger partial charge in [-0.3, -0.25) is 4.79 Å². The Morgan fingerprint density at radius 2 is 2.39 bits per heavy atom. The minimum atomic E-state index is 0.144. The first-order valence-corrected chi connectivity index (χ1v) is 7.13. The molecule has 5 heteroatoms. The van der Waals surface area contributed by atoms with Gasteiger partial charge in [-0.25, -0.2) is 4.68 Å². The minimum Gasteiger partial charge on any atom is -0.292 e. The molecular formula is C13H17N3OS. The zero-order valence-electron chi connectivity index (χ0n) is 10.5. The van der Waals surface area contributed by atoms with Crippen molar-refractivity contribution < 1.29 is 4.79 Å². The number of Topliss-reactive ketones (excluding diaryl/α,β-unsaturated/α-hetero) is 1. The van der Waals surface area contributed by atoms with Gasteiger partial charge in [0.15, 0.2) is 5.78 Å². The van der Waals surface area contributed by atoms with Crippen molar-refractivity contribution in [3.8, 4) is 0 Å². The van der Waals surface area contributed by atoms with Crippen molar-refractivity contribution in [2.75, 3.05) is 0 Å². The van der Waals surface area contributed by atoms with Crippen LogP contribution in [0.3, 0.4) is 0 Å². The van der Waals surface area contributed by atoms with Crippen LogP contribution in [-0.4, -0.2) is 20.8 Å². The fourth-order valence-corrected chi connectivity index (χ4v) is 2.61. The van der Waals surface area contributed by atoms with Gasteiger partial charge in [0.05, 0.1) is 6.20 Å². The van der Waals surface area contributed by atoms with Gasteiger partial charge >= 0.3 is 0 Å². The van der Waals surface area contributed by atoms with Gasteiger partial charge in [-0.05, 0) is 30.7 Å². The maximum absolute atomic E-state index is 12.0. The average molecular weight is 263 g/mol. The van der Waals surface area contributed by atoms with Gasteiger partial charge in [0.25, 0.3) is 0 Å². The third-order valence-electron chi connectivity index (χ3n) is 2.75. The number of rotatable bonds is 7. The van der Waals surface area contributed by atoms with E-state index in [1.807, 2.05) is 6.07 Å². The smallest absolute Gasteiger partial charge is 0.182 e. The summed E-state index contributed by atoms with van der Waals surface area (Å²) in [6, 6.07) is 4.15. The molecule has 4 nitrogen and oxygen atoms in total. The van der Waals surface area contributed by atoms with Gasteiger partial charge in [-0.15, -0.1) is 16.4 Å². The van der Waals surface area contributed by atoms with Crippen LogP contribution in [0, 0.1) is 0 Å². The Morgan fingerprint density at radius 3 is 3.11 bits per heavy atom. The van der Waals surface area contributed by atoms with Crippen LogP contribution in [0.25, 0.3) is 0 Å². The number of aryl methyl sites for hydroxylation is 2. The Bertz CT molecular complexity index is 490. The van der Waals surface area contributed by atoms with Crippen molar-refractivity contribution >= 4 is 17.1 Å². The molecule has 2 aromatic rings. The zero-order chi connectivity index (χ0) is 12.8. The van der Waals surface area contributed by atoms with Gasteiger partial charge in [0.1, 0.15) is 5.69 Å². The van der Waals surface area contributed by atoms with E-state index in [0.717, 1.165) is 25.8 Å². The lowest BCUT2D eigenvalue weighted by Crippen LogP contribution is -2.10. The molecule has 0 saturated carbocycles. The van der Waals surface area contributed by atoms with Crippen LogP contribution in [0.15, 0.2) is 23.7 Å². The topological polar surface area (TPSA) is 47.8 Å². The summed E-state index contributed by atoms with van der Waals surface area (Å²) in [7, 11) is 0. The number of thiophene rings is 1. The second-order valence-corrected chi connectivity index (χ2v) is 5.23. The molecule has 0 radical (unpaired) electrons. The number of hydrogen-bond donors (Lipinski definition) is 0. The molecule has 2 aromatic heterocycles. The molecule has 0 aliphatic heterocycles. The lowest BCUT2D eigenvalue weighted by atomic mass is 10.1. The van der Waals surface area contributed by atoms with Crippen molar-refractivity contribution in [3.63, 3.8) is 0 Å². The third kappa shape index (κ3) is 3.26. The fraction of sp³-hybridized carbons (Fsp3) is 0.462. The van der Waals surface area contributed by atoms with Crippen LogP contribution in [0.4, 0.5) is 0 Å². The standard InChI is InChI=1S/C13H17N3OS/c1-2-8-16-12(10-14-15-16)13(17)7-3-5-11-6-4-9-18-11/h4,6,9-10H,2-3,5,7-8H2,1H3. The second kappa shape index (κ2) is 6.44. The van der Waals surface area contributed by atoms with Crippen LogP contribution in [0.1, 0.15) is 41.6 Å². The summed E-state index contributed by atoms with van der Waals surface area (Å²) in [4.78, 5) is 13.4. The fourth-order valence-electron chi connectivity index (χ4n) is 1.86. The van der Waals surface area contributed by atoms with Crippen molar-refractivity contribution in [3.05, 3.63) is 34.3 Å². The number of hydrogen-bond acceptors (Lipinski definition) is 4. The van der Waals surface area contributed by atoms with E-state index in [9.17, 15) is 4.79 Å². The summed E-state index contributed by atoms with van der Waals surface area (Å²) >= 11 is 1.74. The largest absolute Gasteiger partial charge is 0.292 e. The van der Waals surface area contributed by atoms with Gasteiger partial charge in [-0.1, -0.05) is 18.2 Å². The minimum absolute atomic E-state index is 0.144. The molecule has 0 N–H and O–H groups in total. The molecule has 2 heterocycles. The van der Waals surface area contributed by atoms with Crippen LogP contribution < -0.4 is 0 Å². The van der Waals surface area contributed by atoms with Gasteiger partial charge in [0, 0.05) is 17.8 Å². The molecule has 2 rings (SSSR count). The monoisotopic (exact) mass is 263 g/mol. The molecule has 0 aliphatic carbocycles. The Balaban J connectivity index is 1.85. The van der Waals surface area contributed by atoms with Crippen molar-refractivity contribution in [2.24, 2.45) is 0 Å². The van der Waals surface area contributed by atoms with Crippen molar-refractivity contribution in [2.45, 2.75) is 39.2 Å². The Morgan fingerprint density at radius 1 is 1.50 bits per heavy atom. The quantitative estimate of drug-likeness (QED) is 0.722. The molecule has 0 aliphatic rings. The molecule has 0 spiro atoms. The Labute approximate surface area is 111 Å². The maximum Gasteiger partial charge on any atom is 0.182 e. The summed E-state index contributed by atoms with van der Waals surface area (Å²) in [5, 5.41) is 9.81. The predicted molar refractivity (Wildman–Crippen MR) is 71.9 cm³/mol. The summed E-state index contributed by atoms with van der Waals surface area (Å²) in [6.07, 6.45) is 4.95. The highest BCUT2D eigenvalue weighted by Gasteiger charge is 2.12. The third-order valence-corrected chi connectivity index (χ3v) is 3.68. The number of nitrogens with zero attached hydrogens (tertiary/aromatic N) is 3. The van der Waals surface area contributed by atoms with E-state index in [0.29, 0.717) is 12.1 Å². The van der Waals surface area contributed by atoms with E-state index in [1.54, 1.807) is 22.2 Å². The van der Waals surface area contributed by atoms with Crippen molar-refractivity contribution in [1.82, 2.24) is 15.0 Å². The van der Waals surface area contributed by atoms with Crippen molar-refractivity contribution in [1.29, 1.82) is 0 Å². The summed E-state index contributed by atoms with van der Waals surface area (Å²) in [5.41, 5.74) is 0.642. The molecule has 18 heavy (non-hydrogen) atoms. The van der Waals surface area contributed by atoms with Crippen LogP contribution in [0.2, 0.25) is 0 Å². The average Bonchev–Trinajstić information content (AvgIpc) is 3.00. The van der Waals surface area contributed by atoms with Gasteiger partial charge < -0.3 is 0 Å². The van der Waals surface area contributed by atoms with Crippen LogP contribution >= 0.6 is 11.3 Å². The molecule has 96 valence electrons. The molecule has 0 atom stereocenters. The second-order valence-electron chi connectivity index (χ2n) is 4.20. The number of ketones is 1. The van der Waals surface area contributed by atoms with E-state index in [2.05, 4.69) is 28.7 Å². The normalized spacial score (nSPS) is 10.7. The molecule has 0 unspecified atom stereocenters. The zero-order valence-corrected chi connectivity index (χ0v) is 11.3. The molecule has 0 amide bonds. The van der Waals surface area contributed by atoms with E-state index >= 15 is 0 Å². The van der Waals surface area contributed by atoms with Gasteiger partial charge in [0.2, 0.25) is 0 Å². The van der Waals surface area contributed by atoms with E-state index < -0.39 is 0 Å². The number of carbonyl (C=O) groups excluding carboxylic acids is 1. The highest BCUT2D eigenvalue weighted by molar-refractivity contribution is 7.09. The summed E-state index contributed by atoms with van der Waals surface area (Å²) in [5.74, 6) is 0.144. The molecular weight excluding hydrogens is 246 g/mol. The van der Waals surface area contributed by atoms with E-state index in [-0.39, 0.29) is 5.78 Å². The Hall–Kier alpha value is -1.49. The van der Waals surface area contributed by atoms with E-state index in [1.165, 1.54) is 4.88 Å². The highest BCUT2D eigenvalue weighted by Crippen LogP contribution is 2.13. The highest BCUT2D eigenvalue weighted by atomic mass is 32.1. The lowest BCUT2D eigenvalue weighted by molar-refractivity contribution is 0.0969. The maximum atomic E-state index is 12.0. The first-order chi connectivity index (χ1) is 8.81. The molecule has 0 aromatic carbocycles. The van der Waals surface area contributed by atoms with Crippen LogP contribution in [0.5, 0.6) is 0 Å².